The summed E-state index contributed by atoms with van der Waals surface area (Å²) in [6, 6.07) is 17.7. The summed E-state index contributed by atoms with van der Waals surface area (Å²) in [7, 11) is 0. The minimum atomic E-state index is -0.662. The Hall–Kier alpha value is -2.82. The van der Waals surface area contributed by atoms with Crippen LogP contribution in [0.3, 0.4) is 0 Å². The molecule has 1 aliphatic rings. The SMILES string of the molecule is N/C(=N\C(=O)OCc1ccccc1)N1CCc2ccccc2C1. The van der Waals surface area contributed by atoms with Gasteiger partial charge in [0.2, 0.25) is 5.96 Å². The van der Waals surface area contributed by atoms with Crippen LogP contribution in [0.1, 0.15) is 16.7 Å². The highest BCUT2D eigenvalue weighted by Gasteiger charge is 2.18. The molecule has 0 aromatic heterocycles. The van der Waals surface area contributed by atoms with Crippen molar-refractivity contribution in [2.75, 3.05) is 6.54 Å². The molecule has 118 valence electrons. The third-order valence-corrected chi connectivity index (χ3v) is 3.87. The lowest BCUT2D eigenvalue weighted by Gasteiger charge is -2.29. The molecule has 23 heavy (non-hydrogen) atoms. The van der Waals surface area contributed by atoms with Crippen LogP contribution >= 0.6 is 0 Å². The van der Waals surface area contributed by atoms with Crippen molar-refractivity contribution >= 4 is 12.1 Å². The van der Waals surface area contributed by atoms with Gasteiger partial charge >= 0.3 is 6.09 Å². The van der Waals surface area contributed by atoms with Gasteiger partial charge in [-0.2, -0.15) is 0 Å². The van der Waals surface area contributed by atoms with E-state index >= 15 is 0 Å². The summed E-state index contributed by atoms with van der Waals surface area (Å²) in [4.78, 5) is 17.5. The molecule has 0 unspecified atom stereocenters. The molecule has 3 rings (SSSR count). The van der Waals surface area contributed by atoms with Crippen molar-refractivity contribution in [3.05, 3.63) is 71.3 Å². The Labute approximate surface area is 135 Å². The topological polar surface area (TPSA) is 67.9 Å². The number of ether oxygens (including phenoxy) is 1. The van der Waals surface area contributed by atoms with Crippen molar-refractivity contribution in [2.45, 2.75) is 19.6 Å². The van der Waals surface area contributed by atoms with Crippen LogP contribution < -0.4 is 5.73 Å². The van der Waals surface area contributed by atoms with Gasteiger partial charge in [0.25, 0.3) is 0 Å². The van der Waals surface area contributed by atoms with Crippen LogP contribution in [0.2, 0.25) is 0 Å². The highest BCUT2D eigenvalue weighted by molar-refractivity contribution is 5.89. The molecule has 1 amide bonds. The van der Waals surface area contributed by atoms with Crippen molar-refractivity contribution in [1.29, 1.82) is 0 Å². The number of nitrogens with two attached hydrogens (primary N) is 1. The van der Waals surface area contributed by atoms with Gasteiger partial charge in [0.15, 0.2) is 0 Å². The summed E-state index contributed by atoms with van der Waals surface area (Å²) < 4.78 is 5.13. The maximum Gasteiger partial charge on any atom is 0.437 e. The van der Waals surface area contributed by atoms with E-state index in [1.165, 1.54) is 11.1 Å². The molecule has 5 nitrogen and oxygen atoms in total. The van der Waals surface area contributed by atoms with Crippen molar-refractivity contribution in [3.63, 3.8) is 0 Å². The number of benzene rings is 2. The molecule has 1 heterocycles. The molecule has 0 saturated heterocycles. The largest absolute Gasteiger partial charge is 0.443 e. The number of carbonyl (C=O) groups excluding carboxylic acids is 1. The number of fused-ring (bicyclic) bond motifs is 1. The van der Waals surface area contributed by atoms with Gasteiger partial charge in [-0.25, -0.2) is 4.79 Å². The number of guanidine groups is 1. The number of aliphatic imine (C=N–C) groups is 1. The van der Waals surface area contributed by atoms with Gasteiger partial charge in [-0.05, 0) is 23.1 Å². The minimum Gasteiger partial charge on any atom is -0.443 e. The first kappa shape index (κ1) is 15.1. The lowest BCUT2D eigenvalue weighted by atomic mass is 10.0. The van der Waals surface area contributed by atoms with Crippen molar-refractivity contribution < 1.29 is 9.53 Å². The maximum absolute atomic E-state index is 11.8. The predicted molar refractivity (Wildman–Crippen MR) is 88.8 cm³/mol. The monoisotopic (exact) mass is 309 g/mol. The molecule has 0 saturated carbocycles. The normalized spacial score (nSPS) is 14.3. The molecule has 0 atom stereocenters. The smallest absolute Gasteiger partial charge is 0.437 e. The highest BCUT2D eigenvalue weighted by Crippen LogP contribution is 2.18. The quantitative estimate of drug-likeness (QED) is 0.684. The van der Waals surface area contributed by atoms with Gasteiger partial charge in [0.1, 0.15) is 6.61 Å². The summed E-state index contributed by atoms with van der Waals surface area (Å²) in [5.41, 5.74) is 9.41. The first-order valence-electron chi connectivity index (χ1n) is 7.59. The lowest BCUT2D eigenvalue weighted by Crippen LogP contribution is -2.41. The van der Waals surface area contributed by atoms with Gasteiger partial charge < -0.3 is 15.4 Å². The molecule has 0 fully saturated rings. The second-order valence-corrected chi connectivity index (χ2v) is 5.45. The number of amides is 1. The highest BCUT2D eigenvalue weighted by atomic mass is 16.5. The molecule has 0 bridgehead atoms. The van der Waals surface area contributed by atoms with Crippen LogP contribution in [-0.4, -0.2) is 23.5 Å². The van der Waals surface area contributed by atoms with E-state index in [9.17, 15) is 4.79 Å². The summed E-state index contributed by atoms with van der Waals surface area (Å²) >= 11 is 0. The van der Waals surface area contributed by atoms with Crippen molar-refractivity contribution in [2.24, 2.45) is 10.7 Å². The third-order valence-electron chi connectivity index (χ3n) is 3.87. The van der Waals surface area contributed by atoms with Crippen LogP contribution in [0.15, 0.2) is 59.6 Å². The molecule has 0 aliphatic carbocycles. The van der Waals surface area contributed by atoms with Crippen LogP contribution in [-0.2, 0) is 24.3 Å². The summed E-state index contributed by atoms with van der Waals surface area (Å²) in [6.45, 7) is 1.61. The lowest BCUT2D eigenvalue weighted by molar-refractivity contribution is 0.150. The molecule has 2 N–H and O–H groups in total. The van der Waals surface area contributed by atoms with Crippen LogP contribution in [0.4, 0.5) is 4.79 Å². The average Bonchev–Trinajstić information content (AvgIpc) is 2.60. The Kier molecular flexibility index (Phi) is 4.57. The number of hydrogen-bond donors (Lipinski definition) is 1. The number of nitrogens with zero attached hydrogens (tertiary/aromatic N) is 2. The Morgan fingerprint density at radius 3 is 2.57 bits per heavy atom. The van der Waals surface area contributed by atoms with Crippen LogP contribution in [0, 0.1) is 0 Å². The van der Waals surface area contributed by atoms with Gasteiger partial charge in [-0.1, -0.05) is 54.6 Å². The summed E-state index contributed by atoms with van der Waals surface area (Å²) in [5, 5.41) is 0. The molecular weight excluding hydrogens is 290 g/mol. The molecule has 1 aliphatic heterocycles. The standard InChI is InChI=1S/C18H19N3O2/c19-17(20-18(22)23-13-14-6-2-1-3-7-14)21-11-10-15-8-4-5-9-16(15)12-21/h1-9H,10-13H2,(H2,19,20,22). The minimum absolute atomic E-state index is 0.194. The number of hydrogen-bond acceptors (Lipinski definition) is 2. The fourth-order valence-electron chi connectivity index (χ4n) is 2.61. The van der Waals surface area contributed by atoms with E-state index in [4.69, 9.17) is 10.5 Å². The zero-order valence-electron chi connectivity index (χ0n) is 12.8. The fraction of sp³-hybridized carbons (Fsp3) is 0.222. The van der Waals surface area contributed by atoms with Gasteiger partial charge in [-0.15, -0.1) is 4.99 Å². The molecule has 0 radical (unpaired) electrons. The number of rotatable bonds is 2. The maximum atomic E-state index is 11.8. The van der Waals surface area contributed by atoms with E-state index in [1.54, 1.807) is 0 Å². The molecule has 0 spiro atoms. The second kappa shape index (κ2) is 6.96. The summed E-state index contributed by atoms with van der Waals surface area (Å²) in [6.07, 6.45) is 0.232. The fourth-order valence-corrected chi connectivity index (χ4v) is 2.61. The van der Waals surface area contributed by atoms with Crippen molar-refractivity contribution in [3.8, 4) is 0 Å². The zero-order valence-corrected chi connectivity index (χ0v) is 12.8. The van der Waals surface area contributed by atoms with E-state index in [0.717, 1.165) is 18.5 Å². The predicted octanol–water partition coefficient (Wildman–Crippen LogP) is 2.70. The Morgan fingerprint density at radius 1 is 1.09 bits per heavy atom. The van der Waals surface area contributed by atoms with Gasteiger partial charge in [-0.3, -0.25) is 0 Å². The first-order chi connectivity index (χ1) is 11.2. The van der Waals surface area contributed by atoms with Gasteiger partial charge in [0.05, 0.1) is 0 Å². The molecule has 2 aromatic carbocycles. The van der Waals surface area contributed by atoms with E-state index < -0.39 is 6.09 Å². The number of carbonyl (C=O) groups is 1. The Bertz CT molecular complexity index is 713. The second-order valence-electron chi connectivity index (χ2n) is 5.45. The Balaban J connectivity index is 1.58. The van der Waals surface area contributed by atoms with Crippen LogP contribution in [0.5, 0.6) is 0 Å². The van der Waals surface area contributed by atoms with Crippen LogP contribution in [0.25, 0.3) is 0 Å². The average molecular weight is 309 g/mol. The molecular formula is C18H19N3O2. The van der Waals surface area contributed by atoms with E-state index in [1.807, 2.05) is 47.4 Å². The zero-order chi connectivity index (χ0) is 16.1. The van der Waals surface area contributed by atoms with Crippen molar-refractivity contribution in [1.82, 2.24) is 4.90 Å². The first-order valence-corrected chi connectivity index (χ1v) is 7.59. The third kappa shape index (κ3) is 3.88. The van der Waals surface area contributed by atoms with E-state index in [2.05, 4.69) is 17.1 Å². The van der Waals surface area contributed by atoms with E-state index in [-0.39, 0.29) is 12.6 Å². The molecule has 5 heteroatoms. The Morgan fingerprint density at radius 2 is 1.78 bits per heavy atom. The van der Waals surface area contributed by atoms with E-state index in [0.29, 0.717) is 6.54 Å². The van der Waals surface area contributed by atoms with Gasteiger partial charge in [0, 0.05) is 13.1 Å². The molecule has 2 aromatic rings. The summed E-state index contributed by atoms with van der Waals surface area (Å²) in [5.74, 6) is 0.206.